The summed E-state index contributed by atoms with van der Waals surface area (Å²) in [5, 5.41) is 2.96. The number of amides is 1. The number of benzene rings is 2. The molecule has 2 rings (SSSR count). The Morgan fingerprint density at radius 3 is 2.30 bits per heavy atom. The summed E-state index contributed by atoms with van der Waals surface area (Å²) < 4.78 is 5.82. The molecule has 0 fully saturated rings. The molecule has 0 aliphatic rings. The molecule has 3 heteroatoms. The molecule has 1 atom stereocenters. The Labute approximate surface area is 138 Å². The lowest BCUT2D eigenvalue weighted by Crippen LogP contribution is -2.38. The summed E-state index contributed by atoms with van der Waals surface area (Å²) in [7, 11) is 0. The van der Waals surface area contributed by atoms with E-state index in [0.717, 1.165) is 18.6 Å². The molecule has 0 spiro atoms. The van der Waals surface area contributed by atoms with Gasteiger partial charge in [-0.05, 0) is 42.5 Å². The van der Waals surface area contributed by atoms with Gasteiger partial charge in [0, 0.05) is 6.54 Å². The lowest BCUT2D eigenvalue weighted by molar-refractivity contribution is -0.128. The molecule has 122 valence electrons. The molecule has 2 aromatic carbocycles. The van der Waals surface area contributed by atoms with E-state index in [4.69, 9.17) is 4.74 Å². The monoisotopic (exact) mass is 311 g/mol. The Morgan fingerprint density at radius 1 is 1.00 bits per heavy atom. The highest BCUT2D eigenvalue weighted by Gasteiger charge is 2.17. The maximum absolute atomic E-state index is 12.3. The molecular weight excluding hydrogens is 286 g/mol. The Morgan fingerprint density at radius 2 is 1.70 bits per heavy atom. The molecule has 0 unspecified atom stereocenters. The summed E-state index contributed by atoms with van der Waals surface area (Å²) in [5.74, 6) is 0.690. The summed E-state index contributed by atoms with van der Waals surface area (Å²) >= 11 is 0. The molecule has 1 N–H and O–H groups in total. The van der Waals surface area contributed by atoms with Crippen molar-refractivity contribution in [3.05, 3.63) is 65.7 Å². The van der Waals surface area contributed by atoms with Crippen molar-refractivity contribution in [1.82, 2.24) is 5.32 Å². The first kappa shape index (κ1) is 17.1. The molecule has 0 saturated heterocycles. The standard InChI is InChI=1S/C20H25NO2/c1-3-16-10-12-18(13-11-16)23-19(4-2)20(22)21-15-14-17-8-6-5-7-9-17/h5-13,19H,3-4,14-15H2,1-2H3,(H,21,22)/t19-/m0/s1. The Hall–Kier alpha value is -2.29. The fourth-order valence-electron chi connectivity index (χ4n) is 2.38. The maximum atomic E-state index is 12.3. The number of nitrogens with one attached hydrogen (secondary N) is 1. The zero-order valence-corrected chi connectivity index (χ0v) is 13.9. The molecule has 0 radical (unpaired) electrons. The van der Waals surface area contributed by atoms with E-state index in [-0.39, 0.29) is 5.91 Å². The van der Waals surface area contributed by atoms with Gasteiger partial charge in [-0.2, -0.15) is 0 Å². The fraction of sp³-hybridized carbons (Fsp3) is 0.350. The Kier molecular flexibility index (Phi) is 6.67. The summed E-state index contributed by atoms with van der Waals surface area (Å²) in [6.07, 6.45) is 2.02. The normalized spacial score (nSPS) is 11.7. The first-order chi connectivity index (χ1) is 11.2. The smallest absolute Gasteiger partial charge is 0.261 e. The van der Waals surface area contributed by atoms with E-state index >= 15 is 0 Å². The van der Waals surface area contributed by atoms with Crippen molar-refractivity contribution in [3.8, 4) is 5.75 Å². The fourth-order valence-corrected chi connectivity index (χ4v) is 2.38. The molecule has 3 nitrogen and oxygen atoms in total. The minimum Gasteiger partial charge on any atom is -0.481 e. The summed E-state index contributed by atoms with van der Waals surface area (Å²) in [4.78, 5) is 12.3. The number of carbonyl (C=O) groups excluding carboxylic acids is 1. The highest BCUT2D eigenvalue weighted by molar-refractivity contribution is 5.81. The predicted molar refractivity (Wildman–Crippen MR) is 93.7 cm³/mol. The largest absolute Gasteiger partial charge is 0.481 e. The van der Waals surface area contributed by atoms with Gasteiger partial charge in [-0.25, -0.2) is 0 Å². The number of aryl methyl sites for hydroxylation is 1. The highest BCUT2D eigenvalue weighted by atomic mass is 16.5. The summed E-state index contributed by atoms with van der Waals surface area (Å²) in [5.41, 5.74) is 2.48. The molecule has 23 heavy (non-hydrogen) atoms. The van der Waals surface area contributed by atoms with E-state index in [2.05, 4.69) is 24.4 Å². The van der Waals surface area contributed by atoms with Crippen LogP contribution in [0.4, 0.5) is 0 Å². The zero-order valence-electron chi connectivity index (χ0n) is 13.9. The van der Waals surface area contributed by atoms with Gasteiger partial charge in [0.05, 0.1) is 0 Å². The van der Waals surface area contributed by atoms with Crippen LogP contribution in [0, 0.1) is 0 Å². The minimum absolute atomic E-state index is 0.0528. The molecule has 0 aliphatic heterocycles. The molecular formula is C20H25NO2. The van der Waals surface area contributed by atoms with Crippen LogP contribution in [0.2, 0.25) is 0 Å². The average molecular weight is 311 g/mol. The van der Waals surface area contributed by atoms with E-state index in [1.807, 2.05) is 49.4 Å². The van der Waals surface area contributed by atoms with Crippen LogP contribution in [0.5, 0.6) is 5.75 Å². The van der Waals surface area contributed by atoms with Crippen LogP contribution in [0.25, 0.3) is 0 Å². The van der Waals surface area contributed by atoms with Crippen molar-refractivity contribution >= 4 is 5.91 Å². The van der Waals surface area contributed by atoms with E-state index < -0.39 is 6.10 Å². The first-order valence-electron chi connectivity index (χ1n) is 8.30. The highest BCUT2D eigenvalue weighted by Crippen LogP contribution is 2.15. The van der Waals surface area contributed by atoms with Crippen molar-refractivity contribution in [2.75, 3.05) is 6.54 Å². The Bertz CT molecular complexity index is 593. The Balaban J connectivity index is 1.82. The average Bonchev–Trinajstić information content (AvgIpc) is 2.61. The van der Waals surface area contributed by atoms with Crippen LogP contribution in [0.15, 0.2) is 54.6 Å². The SMILES string of the molecule is CCc1ccc(O[C@@H](CC)C(=O)NCCc2ccccc2)cc1. The lowest BCUT2D eigenvalue weighted by Gasteiger charge is -2.17. The van der Waals surface area contributed by atoms with Gasteiger partial charge in [-0.15, -0.1) is 0 Å². The number of hydrogen-bond donors (Lipinski definition) is 1. The van der Waals surface area contributed by atoms with Crippen LogP contribution in [-0.4, -0.2) is 18.6 Å². The molecule has 0 saturated carbocycles. The van der Waals surface area contributed by atoms with Crippen molar-refractivity contribution < 1.29 is 9.53 Å². The van der Waals surface area contributed by atoms with Crippen LogP contribution in [-0.2, 0) is 17.6 Å². The number of ether oxygens (including phenoxy) is 1. The lowest BCUT2D eigenvalue weighted by atomic mass is 10.1. The van der Waals surface area contributed by atoms with E-state index in [1.165, 1.54) is 11.1 Å². The van der Waals surface area contributed by atoms with Crippen molar-refractivity contribution in [2.24, 2.45) is 0 Å². The second-order valence-corrected chi connectivity index (χ2v) is 5.54. The third kappa shape index (κ3) is 5.44. The van der Waals surface area contributed by atoms with Gasteiger partial charge < -0.3 is 10.1 Å². The van der Waals surface area contributed by atoms with Gasteiger partial charge in [0.1, 0.15) is 5.75 Å². The van der Waals surface area contributed by atoms with Crippen LogP contribution in [0.3, 0.4) is 0 Å². The second kappa shape index (κ2) is 8.99. The van der Waals surface area contributed by atoms with Crippen molar-refractivity contribution in [3.63, 3.8) is 0 Å². The first-order valence-corrected chi connectivity index (χ1v) is 8.30. The summed E-state index contributed by atoms with van der Waals surface area (Å²) in [6.45, 7) is 4.70. The van der Waals surface area contributed by atoms with Crippen LogP contribution < -0.4 is 10.1 Å². The molecule has 0 aliphatic carbocycles. The van der Waals surface area contributed by atoms with Gasteiger partial charge in [-0.3, -0.25) is 4.79 Å². The van der Waals surface area contributed by atoms with Crippen molar-refractivity contribution in [1.29, 1.82) is 0 Å². The van der Waals surface area contributed by atoms with Crippen LogP contribution in [0.1, 0.15) is 31.4 Å². The minimum atomic E-state index is -0.446. The van der Waals surface area contributed by atoms with Gasteiger partial charge in [0.25, 0.3) is 5.91 Å². The summed E-state index contributed by atoms with van der Waals surface area (Å²) in [6, 6.07) is 18.1. The van der Waals surface area contributed by atoms with E-state index in [9.17, 15) is 4.79 Å². The molecule has 1 amide bonds. The number of carbonyl (C=O) groups is 1. The third-order valence-corrected chi connectivity index (χ3v) is 3.83. The van der Waals surface area contributed by atoms with Gasteiger partial charge >= 0.3 is 0 Å². The maximum Gasteiger partial charge on any atom is 0.261 e. The molecule has 0 aromatic heterocycles. The van der Waals surface area contributed by atoms with Crippen molar-refractivity contribution in [2.45, 2.75) is 39.2 Å². The van der Waals surface area contributed by atoms with Gasteiger partial charge in [0.15, 0.2) is 6.10 Å². The predicted octanol–water partition coefficient (Wildman–Crippen LogP) is 3.77. The molecule has 2 aromatic rings. The van der Waals surface area contributed by atoms with E-state index in [1.54, 1.807) is 0 Å². The molecule has 0 heterocycles. The number of hydrogen-bond acceptors (Lipinski definition) is 2. The van der Waals surface area contributed by atoms with Gasteiger partial charge in [-0.1, -0.05) is 56.3 Å². The van der Waals surface area contributed by atoms with E-state index in [0.29, 0.717) is 13.0 Å². The molecule has 0 bridgehead atoms. The third-order valence-electron chi connectivity index (χ3n) is 3.83. The van der Waals surface area contributed by atoms with Gasteiger partial charge in [0.2, 0.25) is 0 Å². The van der Waals surface area contributed by atoms with Crippen LogP contribution >= 0.6 is 0 Å². The topological polar surface area (TPSA) is 38.3 Å². The quantitative estimate of drug-likeness (QED) is 0.806. The zero-order chi connectivity index (χ0) is 16.5. The second-order valence-electron chi connectivity index (χ2n) is 5.54. The number of rotatable bonds is 8.